The molecule has 0 bridgehead atoms. The molecular formula is C19H34O4. The molecule has 0 aromatic carbocycles. The van der Waals surface area contributed by atoms with Gasteiger partial charge in [-0.25, -0.2) is 4.79 Å². The average Bonchev–Trinajstić information content (AvgIpc) is 3.38. The van der Waals surface area contributed by atoms with Gasteiger partial charge in [-0.2, -0.15) is 0 Å². The van der Waals surface area contributed by atoms with E-state index >= 15 is 0 Å². The Morgan fingerprint density at radius 2 is 1.22 bits per heavy atom. The molecule has 0 aromatic rings. The molecule has 0 radical (unpaired) electrons. The monoisotopic (exact) mass is 326 g/mol. The summed E-state index contributed by atoms with van der Waals surface area (Å²) in [7, 11) is 1.37. The van der Waals surface area contributed by atoms with Crippen molar-refractivity contribution in [3.63, 3.8) is 0 Å². The van der Waals surface area contributed by atoms with Crippen molar-refractivity contribution >= 4 is 5.97 Å². The number of hydrogen-bond acceptors (Lipinski definition) is 4. The molecule has 0 atom stereocenters. The van der Waals surface area contributed by atoms with Gasteiger partial charge in [-0.05, 0) is 6.42 Å². The summed E-state index contributed by atoms with van der Waals surface area (Å²) in [5.74, 6) is -1.98. The van der Waals surface area contributed by atoms with Crippen LogP contribution in [0.3, 0.4) is 0 Å². The first-order valence-corrected chi connectivity index (χ1v) is 9.69. The van der Waals surface area contributed by atoms with E-state index in [0.717, 1.165) is 12.8 Å². The number of fused-ring (bicyclic) bond motifs is 1. The zero-order valence-electron chi connectivity index (χ0n) is 15.0. The van der Waals surface area contributed by atoms with Gasteiger partial charge < -0.3 is 4.74 Å². The highest BCUT2D eigenvalue weighted by molar-refractivity contribution is 5.86. The van der Waals surface area contributed by atoms with Gasteiger partial charge >= 0.3 is 11.8 Å². The summed E-state index contributed by atoms with van der Waals surface area (Å²) in [6.45, 7) is 2.27. The number of carbonyl (C=O) groups is 1. The van der Waals surface area contributed by atoms with E-state index in [9.17, 15) is 4.79 Å². The Labute approximate surface area is 141 Å². The SMILES string of the molecule is CCCCCCCCCCCCCCCC12OC1(C(=O)OC)O2. The summed E-state index contributed by atoms with van der Waals surface area (Å²) in [5.41, 5.74) is 0. The highest BCUT2D eigenvalue weighted by atomic mass is 17.1. The molecule has 2 rings (SSSR count). The molecule has 23 heavy (non-hydrogen) atoms. The Hall–Kier alpha value is -0.610. The van der Waals surface area contributed by atoms with Crippen LogP contribution >= 0.6 is 0 Å². The summed E-state index contributed by atoms with van der Waals surface area (Å²) in [6.07, 6.45) is 18.2. The fraction of sp³-hybridized carbons (Fsp3) is 0.947. The van der Waals surface area contributed by atoms with Crippen molar-refractivity contribution in [2.45, 2.75) is 108 Å². The predicted molar refractivity (Wildman–Crippen MR) is 90.0 cm³/mol. The maximum absolute atomic E-state index is 11.4. The van der Waals surface area contributed by atoms with Gasteiger partial charge in [-0.3, -0.25) is 9.47 Å². The lowest BCUT2D eigenvalue weighted by Crippen LogP contribution is -2.16. The highest BCUT2D eigenvalue weighted by Crippen LogP contribution is 2.70. The number of carbonyl (C=O) groups excluding carboxylic acids is 1. The zero-order chi connectivity index (χ0) is 16.6. The van der Waals surface area contributed by atoms with E-state index in [0.29, 0.717) is 0 Å². The molecule has 0 saturated carbocycles. The van der Waals surface area contributed by atoms with Gasteiger partial charge in [0.1, 0.15) is 0 Å². The number of esters is 1. The van der Waals surface area contributed by atoms with Crippen LogP contribution in [0, 0.1) is 0 Å². The van der Waals surface area contributed by atoms with Crippen molar-refractivity contribution in [1.29, 1.82) is 0 Å². The average molecular weight is 326 g/mol. The fourth-order valence-corrected chi connectivity index (χ4v) is 3.44. The molecule has 0 spiro atoms. The molecule has 134 valence electrons. The third-order valence-corrected chi connectivity index (χ3v) is 5.10. The van der Waals surface area contributed by atoms with Crippen molar-refractivity contribution in [2.75, 3.05) is 7.11 Å². The largest absolute Gasteiger partial charge is 0.465 e. The molecule has 2 fully saturated rings. The second kappa shape index (κ2) is 9.03. The summed E-state index contributed by atoms with van der Waals surface area (Å²) in [5, 5.41) is 0. The Bertz CT molecular complexity index is 360. The van der Waals surface area contributed by atoms with Crippen molar-refractivity contribution in [2.24, 2.45) is 0 Å². The molecule has 0 amide bonds. The zero-order valence-corrected chi connectivity index (χ0v) is 15.0. The van der Waals surface area contributed by atoms with Crippen LogP contribution in [0.4, 0.5) is 0 Å². The van der Waals surface area contributed by atoms with Gasteiger partial charge in [0.25, 0.3) is 0 Å². The van der Waals surface area contributed by atoms with Gasteiger partial charge in [0.05, 0.1) is 7.11 Å². The molecule has 0 N–H and O–H groups in total. The van der Waals surface area contributed by atoms with Gasteiger partial charge in [0.15, 0.2) is 0 Å². The normalized spacial score (nSPS) is 27.6. The van der Waals surface area contributed by atoms with Gasteiger partial charge in [-0.15, -0.1) is 0 Å². The molecule has 0 unspecified atom stereocenters. The molecule has 2 saturated heterocycles. The van der Waals surface area contributed by atoms with Crippen LogP contribution < -0.4 is 0 Å². The second-order valence-corrected chi connectivity index (χ2v) is 7.06. The van der Waals surface area contributed by atoms with Crippen molar-refractivity contribution in [3.05, 3.63) is 0 Å². The molecule has 2 aliphatic heterocycles. The first-order chi connectivity index (χ1) is 11.2. The summed E-state index contributed by atoms with van der Waals surface area (Å²) >= 11 is 0. The first-order valence-electron chi connectivity index (χ1n) is 9.69. The van der Waals surface area contributed by atoms with E-state index in [1.807, 2.05) is 0 Å². The third kappa shape index (κ3) is 4.93. The molecular weight excluding hydrogens is 292 g/mol. The summed E-state index contributed by atoms with van der Waals surface area (Å²) in [4.78, 5) is 11.4. The van der Waals surface area contributed by atoms with E-state index in [4.69, 9.17) is 9.47 Å². The van der Waals surface area contributed by atoms with Crippen LogP contribution in [0.1, 0.15) is 96.8 Å². The Kier molecular flexibility index (Phi) is 7.35. The molecule has 4 nitrogen and oxygen atoms in total. The van der Waals surface area contributed by atoms with Crippen LogP contribution in [0.25, 0.3) is 0 Å². The second-order valence-electron chi connectivity index (χ2n) is 7.06. The van der Waals surface area contributed by atoms with E-state index < -0.39 is 11.6 Å². The predicted octanol–water partition coefficient (Wildman–Crippen LogP) is 5.09. The van der Waals surface area contributed by atoms with Crippen LogP contribution in [0.5, 0.6) is 0 Å². The topological polar surface area (TPSA) is 51.4 Å². The number of ether oxygens (including phenoxy) is 3. The number of epoxide rings is 2. The van der Waals surface area contributed by atoms with Gasteiger partial charge in [-0.1, -0.05) is 84.0 Å². The standard InChI is InChI=1S/C19H34O4/c1-3-4-5-6-7-8-9-10-11-12-13-14-15-16-18-19(22-18,23-18)17(20)21-2/h3-16H2,1-2H3. The molecule has 4 heteroatoms. The van der Waals surface area contributed by atoms with Crippen LogP contribution in [0.15, 0.2) is 0 Å². The van der Waals surface area contributed by atoms with Crippen LogP contribution in [-0.4, -0.2) is 24.7 Å². The fourth-order valence-electron chi connectivity index (χ4n) is 3.44. The van der Waals surface area contributed by atoms with Crippen molar-refractivity contribution < 1.29 is 19.0 Å². The Morgan fingerprint density at radius 1 is 0.783 bits per heavy atom. The van der Waals surface area contributed by atoms with Crippen LogP contribution in [0.2, 0.25) is 0 Å². The summed E-state index contributed by atoms with van der Waals surface area (Å²) < 4.78 is 15.4. The van der Waals surface area contributed by atoms with Gasteiger partial charge in [0, 0.05) is 6.42 Å². The summed E-state index contributed by atoms with van der Waals surface area (Å²) in [6, 6.07) is 0. The minimum absolute atomic E-state index is 0.382. The number of hydrogen-bond donors (Lipinski definition) is 0. The highest BCUT2D eigenvalue weighted by Gasteiger charge is 2.96. The molecule has 0 aliphatic carbocycles. The molecule has 2 heterocycles. The van der Waals surface area contributed by atoms with Crippen molar-refractivity contribution in [3.8, 4) is 0 Å². The minimum Gasteiger partial charge on any atom is -0.465 e. The van der Waals surface area contributed by atoms with Gasteiger partial charge in [0.2, 0.25) is 5.79 Å². The number of methoxy groups -OCH3 is 1. The quantitative estimate of drug-likeness (QED) is 0.239. The van der Waals surface area contributed by atoms with Crippen LogP contribution in [-0.2, 0) is 19.0 Å². The van der Waals surface area contributed by atoms with E-state index in [1.165, 1.54) is 84.2 Å². The lowest BCUT2D eigenvalue weighted by molar-refractivity contribution is -0.169. The Morgan fingerprint density at radius 3 is 1.65 bits per heavy atom. The third-order valence-electron chi connectivity index (χ3n) is 5.10. The lowest BCUT2D eigenvalue weighted by Gasteiger charge is -2.03. The van der Waals surface area contributed by atoms with Crippen molar-refractivity contribution in [1.82, 2.24) is 0 Å². The minimum atomic E-state index is -1.00. The molecule has 2 aliphatic rings. The van der Waals surface area contributed by atoms with E-state index in [2.05, 4.69) is 11.7 Å². The maximum atomic E-state index is 11.4. The smallest absolute Gasteiger partial charge is 0.372 e. The van der Waals surface area contributed by atoms with E-state index in [-0.39, 0.29) is 5.97 Å². The van der Waals surface area contributed by atoms with E-state index in [1.54, 1.807) is 0 Å². The number of unbranched alkanes of at least 4 members (excludes halogenated alkanes) is 12. The first kappa shape index (κ1) is 18.7. The maximum Gasteiger partial charge on any atom is 0.372 e. The number of rotatable bonds is 15. The lowest BCUT2D eigenvalue weighted by atomic mass is 10.0. The Balaban J connectivity index is 1.31. The molecule has 0 aromatic heterocycles.